The van der Waals surface area contributed by atoms with Crippen LogP contribution in [-0.4, -0.2) is 16.8 Å². The molecule has 0 bridgehead atoms. The molecule has 0 saturated carbocycles. The van der Waals surface area contributed by atoms with E-state index in [4.69, 9.17) is 5.73 Å². The Kier molecular flexibility index (Phi) is 3.14. The Morgan fingerprint density at radius 3 is 2.54 bits per heavy atom. The summed E-state index contributed by atoms with van der Waals surface area (Å²) < 4.78 is 0. The van der Waals surface area contributed by atoms with Crippen molar-refractivity contribution in [2.24, 2.45) is 5.73 Å². The summed E-state index contributed by atoms with van der Waals surface area (Å²) in [5.41, 5.74) is 7.08. The quantitative estimate of drug-likeness (QED) is 0.616. The van der Waals surface area contributed by atoms with Gasteiger partial charge < -0.3 is 15.9 Å². The fourth-order valence-corrected chi connectivity index (χ4v) is 1.28. The molecule has 1 aromatic rings. The first-order valence-electron chi connectivity index (χ1n) is 4.36. The van der Waals surface area contributed by atoms with Crippen LogP contribution in [0.1, 0.15) is 17.5 Å². The number of phenols is 2. The summed E-state index contributed by atoms with van der Waals surface area (Å²) in [7, 11) is 0. The van der Waals surface area contributed by atoms with Crippen molar-refractivity contribution in [2.75, 3.05) is 6.54 Å². The minimum atomic E-state index is -0.0491. The summed E-state index contributed by atoms with van der Waals surface area (Å²) >= 11 is 0. The van der Waals surface area contributed by atoms with Crippen LogP contribution in [0.3, 0.4) is 0 Å². The van der Waals surface area contributed by atoms with Gasteiger partial charge in [-0.05, 0) is 43.5 Å². The highest BCUT2D eigenvalue weighted by atomic mass is 16.3. The summed E-state index contributed by atoms with van der Waals surface area (Å²) in [6, 6.07) is 3.45. The highest BCUT2D eigenvalue weighted by Crippen LogP contribution is 2.29. The van der Waals surface area contributed by atoms with Gasteiger partial charge in [-0.2, -0.15) is 0 Å². The van der Waals surface area contributed by atoms with E-state index >= 15 is 0 Å². The molecule has 0 aliphatic rings. The van der Waals surface area contributed by atoms with Crippen molar-refractivity contribution in [1.29, 1.82) is 0 Å². The molecule has 13 heavy (non-hydrogen) atoms. The molecule has 0 fully saturated rings. The van der Waals surface area contributed by atoms with Crippen LogP contribution in [0.5, 0.6) is 11.5 Å². The molecule has 0 aromatic heterocycles. The molecule has 0 aliphatic heterocycles. The van der Waals surface area contributed by atoms with Crippen LogP contribution in [0.15, 0.2) is 12.1 Å². The van der Waals surface area contributed by atoms with Gasteiger partial charge >= 0.3 is 0 Å². The zero-order valence-corrected chi connectivity index (χ0v) is 7.75. The van der Waals surface area contributed by atoms with E-state index in [1.807, 2.05) is 6.07 Å². The van der Waals surface area contributed by atoms with Crippen molar-refractivity contribution in [3.8, 4) is 11.5 Å². The van der Waals surface area contributed by atoms with Crippen molar-refractivity contribution >= 4 is 0 Å². The third kappa shape index (κ3) is 2.36. The lowest BCUT2D eigenvalue weighted by atomic mass is 10.1. The van der Waals surface area contributed by atoms with Crippen molar-refractivity contribution < 1.29 is 10.2 Å². The predicted octanol–water partition coefficient (Wildman–Crippen LogP) is 1.30. The topological polar surface area (TPSA) is 66.5 Å². The number of rotatable bonds is 3. The number of benzene rings is 1. The van der Waals surface area contributed by atoms with Gasteiger partial charge in [0, 0.05) is 0 Å². The van der Waals surface area contributed by atoms with Crippen LogP contribution in [0.2, 0.25) is 0 Å². The highest BCUT2D eigenvalue weighted by Gasteiger charge is 2.04. The summed E-state index contributed by atoms with van der Waals surface area (Å²) in [5.74, 6) is -0.0801. The molecule has 72 valence electrons. The molecule has 3 heteroatoms. The third-order valence-electron chi connectivity index (χ3n) is 2.01. The van der Waals surface area contributed by atoms with E-state index in [0.29, 0.717) is 12.1 Å². The van der Waals surface area contributed by atoms with Gasteiger partial charge in [0.15, 0.2) is 11.5 Å². The van der Waals surface area contributed by atoms with Crippen LogP contribution in [-0.2, 0) is 6.42 Å². The number of aryl methyl sites for hydroxylation is 2. The highest BCUT2D eigenvalue weighted by molar-refractivity contribution is 5.46. The first kappa shape index (κ1) is 9.86. The Morgan fingerprint density at radius 2 is 2.00 bits per heavy atom. The van der Waals surface area contributed by atoms with E-state index in [-0.39, 0.29) is 11.5 Å². The summed E-state index contributed by atoms with van der Waals surface area (Å²) in [6.45, 7) is 2.40. The molecule has 0 spiro atoms. The molecule has 1 rings (SSSR count). The molecule has 0 amide bonds. The second-order valence-corrected chi connectivity index (χ2v) is 3.17. The van der Waals surface area contributed by atoms with Gasteiger partial charge in [-0.3, -0.25) is 0 Å². The average molecular weight is 181 g/mol. The van der Waals surface area contributed by atoms with Crippen LogP contribution >= 0.6 is 0 Å². The standard InChI is InChI=1S/C10H15NO2/c1-7-5-8(3-2-4-11)6-9(12)10(7)13/h5-6,12-13H,2-4,11H2,1H3. The number of nitrogens with two attached hydrogens (primary N) is 1. The second-order valence-electron chi connectivity index (χ2n) is 3.17. The molecule has 4 N–H and O–H groups in total. The van der Waals surface area contributed by atoms with E-state index in [1.54, 1.807) is 13.0 Å². The summed E-state index contributed by atoms with van der Waals surface area (Å²) in [6.07, 6.45) is 1.73. The fourth-order valence-electron chi connectivity index (χ4n) is 1.28. The van der Waals surface area contributed by atoms with Crippen LogP contribution in [0.4, 0.5) is 0 Å². The number of phenolic OH excluding ortho intramolecular Hbond substituents is 2. The maximum Gasteiger partial charge on any atom is 0.160 e. The molecule has 0 atom stereocenters. The van der Waals surface area contributed by atoms with Gasteiger partial charge in [0.1, 0.15) is 0 Å². The first-order valence-corrected chi connectivity index (χ1v) is 4.36. The molecule has 1 aromatic carbocycles. The van der Waals surface area contributed by atoms with Gasteiger partial charge in [-0.15, -0.1) is 0 Å². The minimum absolute atomic E-state index is 0.0310. The van der Waals surface area contributed by atoms with Crippen molar-refractivity contribution in [2.45, 2.75) is 19.8 Å². The smallest absolute Gasteiger partial charge is 0.160 e. The first-order chi connectivity index (χ1) is 6.15. The SMILES string of the molecule is Cc1cc(CCCN)cc(O)c1O. The molecule has 0 radical (unpaired) electrons. The fraction of sp³-hybridized carbons (Fsp3) is 0.400. The molecular weight excluding hydrogens is 166 g/mol. The van der Waals surface area contributed by atoms with Crippen LogP contribution in [0, 0.1) is 6.92 Å². The van der Waals surface area contributed by atoms with Crippen molar-refractivity contribution in [3.63, 3.8) is 0 Å². The van der Waals surface area contributed by atoms with Crippen LogP contribution < -0.4 is 5.73 Å². The second kappa shape index (κ2) is 4.14. The lowest BCUT2D eigenvalue weighted by Crippen LogP contribution is -2.00. The van der Waals surface area contributed by atoms with Gasteiger partial charge in [-0.1, -0.05) is 6.07 Å². The predicted molar refractivity (Wildman–Crippen MR) is 51.9 cm³/mol. The minimum Gasteiger partial charge on any atom is -0.504 e. The van der Waals surface area contributed by atoms with E-state index < -0.39 is 0 Å². The Bertz CT molecular complexity index is 274. The number of aromatic hydroxyl groups is 2. The molecule has 0 aliphatic carbocycles. The molecule has 0 unspecified atom stereocenters. The Morgan fingerprint density at radius 1 is 1.31 bits per heavy atom. The maximum absolute atomic E-state index is 9.30. The van der Waals surface area contributed by atoms with Gasteiger partial charge in [0.25, 0.3) is 0 Å². The molecule has 0 heterocycles. The summed E-state index contributed by atoms with van der Waals surface area (Å²) in [4.78, 5) is 0. The van der Waals surface area contributed by atoms with Gasteiger partial charge in [0.05, 0.1) is 0 Å². The molecular formula is C10H15NO2. The van der Waals surface area contributed by atoms with E-state index in [2.05, 4.69) is 0 Å². The monoisotopic (exact) mass is 181 g/mol. The Hall–Kier alpha value is -1.22. The Labute approximate surface area is 77.8 Å². The lowest BCUT2D eigenvalue weighted by Gasteiger charge is -2.05. The third-order valence-corrected chi connectivity index (χ3v) is 2.01. The van der Waals surface area contributed by atoms with E-state index in [1.165, 1.54) is 0 Å². The van der Waals surface area contributed by atoms with Crippen LogP contribution in [0.25, 0.3) is 0 Å². The zero-order chi connectivity index (χ0) is 9.84. The number of hydrogen-bond donors (Lipinski definition) is 3. The van der Waals surface area contributed by atoms with E-state index in [9.17, 15) is 10.2 Å². The largest absolute Gasteiger partial charge is 0.504 e. The van der Waals surface area contributed by atoms with Crippen molar-refractivity contribution in [1.82, 2.24) is 0 Å². The van der Waals surface area contributed by atoms with Gasteiger partial charge in [-0.25, -0.2) is 0 Å². The van der Waals surface area contributed by atoms with E-state index in [0.717, 1.165) is 18.4 Å². The van der Waals surface area contributed by atoms with Crippen molar-refractivity contribution in [3.05, 3.63) is 23.3 Å². The van der Waals surface area contributed by atoms with Gasteiger partial charge in [0.2, 0.25) is 0 Å². The maximum atomic E-state index is 9.30. The molecule has 3 nitrogen and oxygen atoms in total. The normalized spacial score (nSPS) is 10.3. The molecule has 0 saturated heterocycles. The summed E-state index contributed by atoms with van der Waals surface area (Å²) in [5, 5.41) is 18.6. The Balaban J connectivity index is 2.86. The number of hydrogen-bond acceptors (Lipinski definition) is 3. The lowest BCUT2D eigenvalue weighted by molar-refractivity contribution is 0.400. The zero-order valence-electron chi connectivity index (χ0n) is 7.75. The average Bonchev–Trinajstić information content (AvgIpc) is 2.10.